The van der Waals surface area contributed by atoms with Crippen molar-refractivity contribution in [2.75, 3.05) is 18.4 Å². The number of carbonyl (C=O) groups is 2. The molecule has 1 aliphatic rings. The van der Waals surface area contributed by atoms with Crippen molar-refractivity contribution in [1.82, 2.24) is 4.90 Å². The third-order valence-electron chi connectivity index (χ3n) is 4.49. The van der Waals surface area contributed by atoms with E-state index in [1.807, 2.05) is 31.2 Å². The van der Waals surface area contributed by atoms with Crippen molar-refractivity contribution in [3.8, 4) is 0 Å². The lowest BCUT2D eigenvalue weighted by molar-refractivity contribution is 0.0851. The van der Waals surface area contributed by atoms with Crippen molar-refractivity contribution in [3.05, 3.63) is 64.7 Å². The third-order valence-corrected chi connectivity index (χ3v) is 4.73. The van der Waals surface area contributed by atoms with E-state index < -0.39 is 0 Å². The Balaban J connectivity index is 1.65. The Kier molecular flexibility index (Phi) is 5.39. The van der Waals surface area contributed by atoms with Gasteiger partial charge in [-0.1, -0.05) is 41.4 Å². The molecule has 2 amide bonds. The van der Waals surface area contributed by atoms with Gasteiger partial charge in [0, 0.05) is 35.3 Å². The smallest absolute Gasteiger partial charge is 0.321 e. The number of aryl methyl sites for hydroxylation is 1. The number of carbonyl (C=O) groups excluding carboxylic acids is 2. The molecule has 1 fully saturated rings. The van der Waals surface area contributed by atoms with E-state index in [0.29, 0.717) is 23.7 Å². The first-order chi connectivity index (χ1) is 12.0. The number of ketones is 1. The number of benzene rings is 2. The Morgan fingerprint density at radius 1 is 1.16 bits per heavy atom. The molecular weight excluding hydrogens is 336 g/mol. The molecule has 2 aromatic carbocycles. The summed E-state index contributed by atoms with van der Waals surface area (Å²) in [6.07, 6.45) is 1.61. The lowest BCUT2D eigenvalue weighted by atomic mass is 9.90. The van der Waals surface area contributed by atoms with E-state index >= 15 is 0 Å². The van der Waals surface area contributed by atoms with Gasteiger partial charge in [-0.05, 0) is 44.0 Å². The number of hydrogen-bond acceptors (Lipinski definition) is 2. The quantitative estimate of drug-likeness (QED) is 0.805. The van der Waals surface area contributed by atoms with E-state index in [2.05, 4.69) is 5.32 Å². The highest BCUT2D eigenvalue weighted by atomic mass is 35.5. The summed E-state index contributed by atoms with van der Waals surface area (Å²) in [6, 6.07) is 14.5. The zero-order chi connectivity index (χ0) is 17.8. The maximum Gasteiger partial charge on any atom is 0.321 e. The van der Waals surface area contributed by atoms with Crippen LogP contribution in [-0.4, -0.2) is 29.8 Å². The second-order valence-corrected chi connectivity index (χ2v) is 6.89. The zero-order valence-corrected chi connectivity index (χ0v) is 14.9. The molecule has 1 heterocycles. The number of hydrogen-bond donors (Lipinski definition) is 1. The van der Waals surface area contributed by atoms with E-state index in [-0.39, 0.29) is 17.7 Å². The molecule has 4 nitrogen and oxygen atoms in total. The molecule has 0 spiro atoms. The van der Waals surface area contributed by atoms with Crippen LogP contribution in [0.15, 0.2) is 48.5 Å². The number of amides is 2. The van der Waals surface area contributed by atoms with E-state index in [0.717, 1.165) is 24.1 Å². The van der Waals surface area contributed by atoms with Gasteiger partial charge in [0.2, 0.25) is 0 Å². The topological polar surface area (TPSA) is 49.4 Å². The summed E-state index contributed by atoms with van der Waals surface area (Å²) in [5.74, 6) is -0.133. The Bertz CT molecular complexity index is 774. The van der Waals surface area contributed by atoms with Gasteiger partial charge in [-0.3, -0.25) is 4.79 Å². The normalized spacial score (nSPS) is 17.2. The minimum absolute atomic E-state index is 0.0512. The molecule has 3 rings (SSSR count). The Morgan fingerprint density at radius 3 is 2.64 bits per heavy atom. The van der Waals surface area contributed by atoms with E-state index in [9.17, 15) is 9.59 Å². The molecule has 0 bridgehead atoms. The fourth-order valence-electron chi connectivity index (χ4n) is 3.09. The summed E-state index contributed by atoms with van der Waals surface area (Å²) < 4.78 is 0. The summed E-state index contributed by atoms with van der Waals surface area (Å²) in [6.45, 7) is 3.10. The molecule has 25 heavy (non-hydrogen) atoms. The predicted octanol–water partition coefficient (Wildman–Crippen LogP) is 4.78. The largest absolute Gasteiger partial charge is 0.324 e. The predicted molar refractivity (Wildman–Crippen MR) is 100 cm³/mol. The Hall–Kier alpha value is -2.33. The summed E-state index contributed by atoms with van der Waals surface area (Å²) in [4.78, 5) is 26.9. The number of Topliss-reactive ketones (excluding diaryl/α,β-unsaturated/α-hetero) is 1. The minimum Gasteiger partial charge on any atom is -0.324 e. The van der Waals surface area contributed by atoms with Crippen LogP contribution in [0.25, 0.3) is 0 Å². The van der Waals surface area contributed by atoms with Gasteiger partial charge < -0.3 is 10.2 Å². The summed E-state index contributed by atoms with van der Waals surface area (Å²) in [5.41, 5.74) is 2.51. The SMILES string of the molecule is Cc1ccc(NC(=O)N2CCC[C@H](C(=O)c3cccc(Cl)c3)C2)cc1. The highest BCUT2D eigenvalue weighted by Gasteiger charge is 2.29. The summed E-state index contributed by atoms with van der Waals surface area (Å²) in [7, 11) is 0. The second kappa shape index (κ2) is 7.70. The molecule has 2 aromatic rings. The number of halogens is 1. The number of anilines is 1. The first kappa shape index (κ1) is 17.5. The van der Waals surface area contributed by atoms with Gasteiger partial charge in [-0.2, -0.15) is 0 Å². The molecule has 0 aliphatic carbocycles. The molecule has 1 atom stereocenters. The van der Waals surface area contributed by atoms with Gasteiger partial charge in [0.05, 0.1) is 0 Å². The molecule has 0 unspecified atom stereocenters. The molecule has 1 aliphatic heterocycles. The maximum atomic E-state index is 12.7. The summed E-state index contributed by atoms with van der Waals surface area (Å²) in [5, 5.41) is 3.45. The highest BCUT2D eigenvalue weighted by Crippen LogP contribution is 2.23. The van der Waals surface area contributed by atoms with Crippen LogP contribution in [-0.2, 0) is 0 Å². The van der Waals surface area contributed by atoms with Crippen LogP contribution < -0.4 is 5.32 Å². The van der Waals surface area contributed by atoms with Gasteiger partial charge in [0.1, 0.15) is 0 Å². The number of likely N-dealkylation sites (tertiary alicyclic amines) is 1. The van der Waals surface area contributed by atoms with Gasteiger partial charge >= 0.3 is 6.03 Å². The average molecular weight is 357 g/mol. The lowest BCUT2D eigenvalue weighted by Crippen LogP contribution is -2.44. The molecule has 130 valence electrons. The lowest BCUT2D eigenvalue weighted by Gasteiger charge is -2.32. The second-order valence-electron chi connectivity index (χ2n) is 6.46. The van der Waals surface area contributed by atoms with Crippen LogP contribution in [0, 0.1) is 12.8 Å². The van der Waals surface area contributed by atoms with Gasteiger partial charge in [-0.15, -0.1) is 0 Å². The standard InChI is InChI=1S/C20H21ClN2O2/c1-14-7-9-18(10-8-14)22-20(25)23-11-3-5-16(13-23)19(24)15-4-2-6-17(21)12-15/h2,4,6-10,12,16H,3,5,11,13H2,1H3,(H,22,25)/t16-/m0/s1. The molecule has 0 aromatic heterocycles. The Labute approximate surface area is 152 Å². The van der Waals surface area contributed by atoms with Crippen LogP contribution in [0.2, 0.25) is 5.02 Å². The minimum atomic E-state index is -0.184. The summed E-state index contributed by atoms with van der Waals surface area (Å²) >= 11 is 5.98. The van der Waals surface area contributed by atoms with Gasteiger partial charge in [0.15, 0.2) is 5.78 Å². The van der Waals surface area contributed by atoms with Crippen molar-refractivity contribution >= 4 is 29.1 Å². The van der Waals surface area contributed by atoms with Gasteiger partial charge in [-0.25, -0.2) is 4.79 Å². The number of nitrogens with one attached hydrogen (secondary N) is 1. The number of urea groups is 1. The van der Waals surface area contributed by atoms with E-state index in [4.69, 9.17) is 11.6 Å². The molecule has 0 saturated carbocycles. The molecular formula is C20H21ClN2O2. The maximum absolute atomic E-state index is 12.7. The zero-order valence-electron chi connectivity index (χ0n) is 14.2. The van der Waals surface area contributed by atoms with Crippen LogP contribution in [0.4, 0.5) is 10.5 Å². The van der Waals surface area contributed by atoms with Crippen LogP contribution in [0.1, 0.15) is 28.8 Å². The van der Waals surface area contributed by atoms with Crippen molar-refractivity contribution < 1.29 is 9.59 Å². The van der Waals surface area contributed by atoms with Crippen molar-refractivity contribution in [1.29, 1.82) is 0 Å². The van der Waals surface area contributed by atoms with Crippen molar-refractivity contribution in [2.24, 2.45) is 5.92 Å². The van der Waals surface area contributed by atoms with Crippen LogP contribution in [0.5, 0.6) is 0 Å². The van der Waals surface area contributed by atoms with Gasteiger partial charge in [0.25, 0.3) is 0 Å². The number of rotatable bonds is 3. The van der Waals surface area contributed by atoms with Crippen molar-refractivity contribution in [3.63, 3.8) is 0 Å². The van der Waals surface area contributed by atoms with Crippen LogP contribution >= 0.6 is 11.6 Å². The average Bonchev–Trinajstić information content (AvgIpc) is 2.63. The Morgan fingerprint density at radius 2 is 1.92 bits per heavy atom. The highest BCUT2D eigenvalue weighted by molar-refractivity contribution is 6.31. The first-order valence-corrected chi connectivity index (χ1v) is 8.83. The first-order valence-electron chi connectivity index (χ1n) is 8.45. The monoisotopic (exact) mass is 356 g/mol. The number of piperidine rings is 1. The van der Waals surface area contributed by atoms with E-state index in [1.54, 1.807) is 29.2 Å². The molecule has 5 heteroatoms. The van der Waals surface area contributed by atoms with E-state index in [1.165, 1.54) is 0 Å². The molecule has 1 saturated heterocycles. The fourth-order valence-corrected chi connectivity index (χ4v) is 3.28. The van der Waals surface area contributed by atoms with Crippen LogP contribution in [0.3, 0.4) is 0 Å². The third kappa shape index (κ3) is 4.40. The van der Waals surface area contributed by atoms with Crippen molar-refractivity contribution in [2.45, 2.75) is 19.8 Å². The number of nitrogens with zero attached hydrogens (tertiary/aromatic N) is 1. The fraction of sp³-hybridized carbons (Fsp3) is 0.300. The molecule has 1 N–H and O–H groups in total. The molecule has 0 radical (unpaired) electrons.